The van der Waals surface area contributed by atoms with Gasteiger partial charge in [-0.15, -0.1) is 0 Å². The van der Waals surface area contributed by atoms with Crippen molar-refractivity contribution in [2.24, 2.45) is 0 Å². The number of nitrogens with zero attached hydrogens (tertiary/aromatic N) is 1. The molecule has 0 aromatic heterocycles. The summed E-state index contributed by atoms with van der Waals surface area (Å²) < 4.78 is 0. The van der Waals surface area contributed by atoms with Crippen LogP contribution in [0.1, 0.15) is 40.5 Å². The molecule has 0 aliphatic carbocycles. The predicted octanol–water partition coefficient (Wildman–Crippen LogP) is 1.50. The summed E-state index contributed by atoms with van der Waals surface area (Å²) in [4.78, 5) is 0. The molecule has 3 nitrogen and oxygen atoms in total. The van der Waals surface area contributed by atoms with Gasteiger partial charge in [0.05, 0.1) is 6.10 Å². The molecule has 0 radical (unpaired) electrons. The van der Waals surface area contributed by atoms with Gasteiger partial charge in [-0.3, -0.25) is 0 Å². The Morgan fingerprint density at radius 2 is 1.50 bits per heavy atom. The molecule has 0 spiro atoms. The number of aliphatic hydroxyl groups excluding tert-OH is 1. The van der Waals surface area contributed by atoms with Crippen LogP contribution in [0.4, 0.5) is 0 Å². The molecular formula is C9H18NO2-. The highest BCUT2D eigenvalue weighted by Gasteiger charge is 2.39. The Hall–Kier alpha value is -0.120. The molecule has 12 heavy (non-hydrogen) atoms. The lowest BCUT2D eigenvalue weighted by atomic mass is 9.80. The fourth-order valence-corrected chi connectivity index (χ4v) is 2.21. The second-order valence-electron chi connectivity index (χ2n) is 4.98. The lowest BCUT2D eigenvalue weighted by molar-refractivity contribution is -0.0499. The lowest BCUT2D eigenvalue weighted by Gasteiger charge is -2.59. The molecule has 72 valence electrons. The van der Waals surface area contributed by atoms with Crippen molar-refractivity contribution in [2.45, 2.75) is 57.7 Å². The molecule has 1 rings (SSSR count). The van der Waals surface area contributed by atoms with Gasteiger partial charge in [0.25, 0.3) is 0 Å². The Labute approximate surface area is 74.0 Å². The minimum Gasteiger partial charge on any atom is -0.784 e. The van der Waals surface area contributed by atoms with E-state index in [1.165, 1.54) is 0 Å². The van der Waals surface area contributed by atoms with E-state index in [2.05, 4.69) is 0 Å². The molecule has 0 amide bonds. The van der Waals surface area contributed by atoms with Gasteiger partial charge in [-0.25, -0.2) is 0 Å². The Bertz CT molecular complexity index is 159. The first-order valence-electron chi connectivity index (χ1n) is 4.41. The molecule has 3 heteroatoms. The Morgan fingerprint density at radius 3 is 1.83 bits per heavy atom. The molecule has 0 unspecified atom stereocenters. The molecular weight excluding hydrogens is 154 g/mol. The fourth-order valence-electron chi connectivity index (χ4n) is 2.21. The van der Waals surface area contributed by atoms with Crippen molar-refractivity contribution in [1.82, 2.24) is 5.06 Å². The van der Waals surface area contributed by atoms with Crippen molar-refractivity contribution < 1.29 is 5.11 Å². The van der Waals surface area contributed by atoms with E-state index < -0.39 is 11.1 Å². The SMILES string of the molecule is CC1(C)CC(O)CC(C)(C)N1[O-]. The lowest BCUT2D eigenvalue weighted by Crippen LogP contribution is -2.58. The first kappa shape index (κ1) is 9.96. The zero-order chi connectivity index (χ0) is 9.57. The number of hydrogen-bond acceptors (Lipinski definition) is 3. The molecule has 0 bridgehead atoms. The number of hydrogen-bond donors (Lipinski definition) is 1. The standard InChI is InChI=1S/C9H18NO2/c1-8(2)5-7(11)6-9(3,4)10(8)12/h7,11H,5-6H2,1-4H3/q-1. The molecule has 1 saturated heterocycles. The van der Waals surface area contributed by atoms with Crippen molar-refractivity contribution in [1.29, 1.82) is 0 Å². The summed E-state index contributed by atoms with van der Waals surface area (Å²) in [5, 5.41) is 22.4. The maximum Gasteiger partial charge on any atom is 0.0574 e. The second kappa shape index (κ2) is 2.69. The number of hydroxylamine groups is 2. The van der Waals surface area contributed by atoms with Gasteiger partial charge in [-0.2, -0.15) is 0 Å². The van der Waals surface area contributed by atoms with Crippen LogP contribution in [0, 0.1) is 5.21 Å². The van der Waals surface area contributed by atoms with E-state index in [-0.39, 0.29) is 6.10 Å². The van der Waals surface area contributed by atoms with Crippen molar-refractivity contribution in [3.63, 3.8) is 0 Å². The summed E-state index contributed by atoms with van der Waals surface area (Å²) in [5.41, 5.74) is -0.859. The normalized spacial score (nSPS) is 30.5. The summed E-state index contributed by atoms with van der Waals surface area (Å²) in [6.07, 6.45) is 0.806. The minimum absolute atomic E-state index is 0.333. The molecule has 1 heterocycles. The van der Waals surface area contributed by atoms with Crippen LogP contribution in [-0.4, -0.2) is 27.4 Å². The van der Waals surface area contributed by atoms with Gasteiger partial charge in [-0.05, 0) is 40.5 Å². The fraction of sp³-hybridized carbons (Fsp3) is 1.00. The maximum atomic E-state index is 11.7. The van der Waals surface area contributed by atoms with Gasteiger partial charge >= 0.3 is 0 Å². The van der Waals surface area contributed by atoms with Gasteiger partial charge in [-0.1, -0.05) is 0 Å². The van der Waals surface area contributed by atoms with Crippen LogP contribution < -0.4 is 0 Å². The monoisotopic (exact) mass is 172 g/mol. The van der Waals surface area contributed by atoms with Crippen LogP contribution >= 0.6 is 0 Å². The molecule has 0 atom stereocenters. The predicted molar refractivity (Wildman–Crippen MR) is 48.6 cm³/mol. The maximum absolute atomic E-state index is 11.7. The summed E-state index contributed by atoms with van der Waals surface area (Å²) in [7, 11) is 0. The van der Waals surface area contributed by atoms with Gasteiger partial charge in [0.1, 0.15) is 0 Å². The molecule has 1 N–H and O–H groups in total. The van der Waals surface area contributed by atoms with Gasteiger partial charge in [0.15, 0.2) is 0 Å². The second-order valence-corrected chi connectivity index (χ2v) is 4.98. The van der Waals surface area contributed by atoms with E-state index in [1.807, 2.05) is 27.7 Å². The highest BCUT2D eigenvalue weighted by molar-refractivity contribution is 5.00. The van der Waals surface area contributed by atoms with Crippen LogP contribution in [-0.2, 0) is 0 Å². The van der Waals surface area contributed by atoms with E-state index in [4.69, 9.17) is 0 Å². The van der Waals surface area contributed by atoms with Crippen LogP contribution in [0.25, 0.3) is 0 Å². The van der Waals surface area contributed by atoms with E-state index >= 15 is 0 Å². The molecule has 1 aliphatic rings. The smallest absolute Gasteiger partial charge is 0.0574 e. The average molecular weight is 172 g/mol. The molecule has 0 aromatic carbocycles. The third-order valence-electron chi connectivity index (χ3n) is 2.57. The first-order chi connectivity index (χ1) is 5.26. The minimum atomic E-state index is -0.429. The van der Waals surface area contributed by atoms with Gasteiger partial charge < -0.3 is 15.4 Å². The largest absolute Gasteiger partial charge is 0.784 e. The zero-order valence-corrected chi connectivity index (χ0v) is 8.29. The van der Waals surface area contributed by atoms with Crippen molar-refractivity contribution in [3.05, 3.63) is 5.21 Å². The number of rotatable bonds is 0. The third-order valence-corrected chi connectivity index (χ3v) is 2.57. The summed E-state index contributed by atoms with van der Waals surface area (Å²) in [6.45, 7) is 7.52. The van der Waals surface area contributed by atoms with E-state index in [0.29, 0.717) is 12.8 Å². The molecule has 1 fully saturated rings. The topological polar surface area (TPSA) is 46.5 Å². The zero-order valence-electron chi connectivity index (χ0n) is 8.29. The molecule has 1 aliphatic heterocycles. The number of piperidine rings is 1. The molecule has 0 saturated carbocycles. The first-order valence-corrected chi connectivity index (χ1v) is 4.41. The van der Waals surface area contributed by atoms with Crippen molar-refractivity contribution in [3.8, 4) is 0 Å². The van der Waals surface area contributed by atoms with Crippen molar-refractivity contribution in [2.75, 3.05) is 0 Å². The van der Waals surface area contributed by atoms with Crippen LogP contribution in [0.15, 0.2) is 0 Å². The van der Waals surface area contributed by atoms with E-state index in [0.717, 1.165) is 5.06 Å². The van der Waals surface area contributed by atoms with Crippen LogP contribution in [0.5, 0.6) is 0 Å². The summed E-state index contributed by atoms with van der Waals surface area (Å²) in [6, 6.07) is 0. The Morgan fingerprint density at radius 1 is 1.17 bits per heavy atom. The molecule has 0 aromatic rings. The summed E-state index contributed by atoms with van der Waals surface area (Å²) >= 11 is 0. The van der Waals surface area contributed by atoms with Crippen LogP contribution in [0.2, 0.25) is 0 Å². The third kappa shape index (κ3) is 1.63. The van der Waals surface area contributed by atoms with Gasteiger partial charge in [0, 0.05) is 11.1 Å². The average Bonchev–Trinajstić information content (AvgIpc) is 1.80. The Balaban J connectivity index is 2.84. The van der Waals surface area contributed by atoms with E-state index in [9.17, 15) is 10.3 Å². The van der Waals surface area contributed by atoms with E-state index in [1.54, 1.807) is 0 Å². The van der Waals surface area contributed by atoms with Crippen molar-refractivity contribution >= 4 is 0 Å². The van der Waals surface area contributed by atoms with Crippen LogP contribution in [0.3, 0.4) is 0 Å². The highest BCUT2D eigenvalue weighted by Crippen LogP contribution is 2.37. The quantitative estimate of drug-likeness (QED) is 0.602. The highest BCUT2D eigenvalue weighted by atomic mass is 16.5. The van der Waals surface area contributed by atoms with Gasteiger partial charge in [0.2, 0.25) is 0 Å². The number of aliphatic hydroxyl groups is 1. The summed E-state index contributed by atoms with van der Waals surface area (Å²) in [5.74, 6) is 0. The Kier molecular flexibility index (Phi) is 2.23.